The highest BCUT2D eigenvalue weighted by molar-refractivity contribution is 5.96. The Balaban J connectivity index is 2.26. The third kappa shape index (κ3) is 4.34. The van der Waals surface area contributed by atoms with Gasteiger partial charge in [-0.15, -0.1) is 0 Å². The molecule has 0 aromatic carbocycles. The van der Waals surface area contributed by atoms with Crippen LogP contribution in [-0.4, -0.2) is 31.6 Å². The third-order valence-corrected chi connectivity index (χ3v) is 3.58. The van der Waals surface area contributed by atoms with E-state index in [0.717, 1.165) is 12.5 Å². The molecule has 3 amide bonds. The van der Waals surface area contributed by atoms with Crippen LogP contribution in [0.1, 0.15) is 33.1 Å². The smallest absolute Gasteiger partial charge is 0.321 e. The number of hydrogen-bond acceptors (Lipinski definition) is 3. The lowest BCUT2D eigenvalue weighted by Crippen LogP contribution is -2.48. The van der Waals surface area contributed by atoms with Crippen molar-refractivity contribution in [1.29, 1.82) is 0 Å². The van der Waals surface area contributed by atoms with Crippen molar-refractivity contribution in [3.8, 4) is 0 Å². The maximum atomic E-state index is 11.6. The Morgan fingerprint density at radius 3 is 2.59 bits per heavy atom. The van der Waals surface area contributed by atoms with Crippen LogP contribution in [0.15, 0.2) is 0 Å². The second kappa shape index (κ2) is 6.59. The van der Waals surface area contributed by atoms with Crippen molar-refractivity contribution in [2.24, 2.45) is 11.8 Å². The van der Waals surface area contributed by atoms with E-state index < -0.39 is 6.03 Å². The molecule has 1 fully saturated rings. The molecule has 0 radical (unpaired) electrons. The van der Waals surface area contributed by atoms with Crippen molar-refractivity contribution >= 4 is 11.9 Å². The molecule has 0 aromatic rings. The molecule has 1 aliphatic rings. The van der Waals surface area contributed by atoms with Crippen molar-refractivity contribution in [2.75, 3.05) is 13.6 Å². The molecular formula is C12H23N3O2. The van der Waals surface area contributed by atoms with Crippen LogP contribution in [0.3, 0.4) is 0 Å². The number of amides is 3. The minimum absolute atomic E-state index is 0.282. The number of carbonyl (C=O) groups is 2. The molecule has 3 atom stereocenters. The maximum absolute atomic E-state index is 11.6. The molecule has 17 heavy (non-hydrogen) atoms. The van der Waals surface area contributed by atoms with Gasteiger partial charge in [-0.05, 0) is 31.7 Å². The molecule has 0 bridgehead atoms. The second-order valence-electron chi connectivity index (χ2n) is 4.87. The maximum Gasteiger partial charge on any atom is 0.321 e. The first-order valence-electron chi connectivity index (χ1n) is 6.30. The topological polar surface area (TPSA) is 70.2 Å². The molecule has 5 heteroatoms. The molecule has 5 nitrogen and oxygen atoms in total. The van der Waals surface area contributed by atoms with E-state index in [1.807, 2.05) is 0 Å². The van der Waals surface area contributed by atoms with Gasteiger partial charge in [-0.25, -0.2) is 4.79 Å². The van der Waals surface area contributed by atoms with Gasteiger partial charge in [0.15, 0.2) is 0 Å². The zero-order valence-corrected chi connectivity index (χ0v) is 10.9. The van der Waals surface area contributed by atoms with Crippen LogP contribution in [0, 0.1) is 11.8 Å². The summed E-state index contributed by atoms with van der Waals surface area (Å²) in [5.41, 5.74) is 0. The Hall–Kier alpha value is -1.10. The Morgan fingerprint density at radius 2 is 2.06 bits per heavy atom. The lowest BCUT2D eigenvalue weighted by molar-refractivity contribution is -0.121. The highest BCUT2D eigenvalue weighted by Crippen LogP contribution is 2.30. The van der Waals surface area contributed by atoms with Gasteiger partial charge < -0.3 is 10.6 Å². The van der Waals surface area contributed by atoms with Gasteiger partial charge in [-0.3, -0.25) is 10.1 Å². The van der Waals surface area contributed by atoms with Gasteiger partial charge in [0.05, 0.1) is 6.04 Å². The number of rotatable bonds is 4. The van der Waals surface area contributed by atoms with E-state index in [1.54, 1.807) is 6.92 Å². The summed E-state index contributed by atoms with van der Waals surface area (Å²) in [6, 6.07) is -0.794. The second-order valence-corrected chi connectivity index (χ2v) is 4.87. The highest BCUT2D eigenvalue weighted by atomic mass is 16.2. The molecule has 0 saturated heterocycles. The van der Waals surface area contributed by atoms with E-state index in [9.17, 15) is 9.59 Å². The van der Waals surface area contributed by atoms with Crippen molar-refractivity contribution in [2.45, 2.75) is 39.2 Å². The number of hydrogen-bond donors (Lipinski definition) is 3. The molecule has 1 saturated carbocycles. The summed E-state index contributed by atoms with van der Waals surface area (Å²) in [6.45, 7) is 4.88. The van der Waals surface area contributed by atoms with Crippen LogP contribution >= 0.6 is 0 Å². The van der Waals surface area contributed by atoms with E-state index in [4.69, 9.17) is 0 Å². The summed E-state index contributed by atoms with van der Waals surface area (Å²) in [4.78, 5) is 22.5. The summed E-state index contributed by atoms with van der Waals surface area (Å²) in [6.07, 6.45) is 3.80. The monoisotopic (exact) mass is 241 g/mol. The Morgan fingerprint density at radius 1 is 1.35 bits per heavy atom. The third-order valence-electron chi connectivity index (χ3n) is 3.58. The Kier molecular flexibility index (Phi) is 5.41. The van der Waals surface area contributed by atoms with Gasteiger partial charge in [0.25, 0.3) is 0 Å². The standard InChI is InChI=1S/C12H23N3O2/c1-8-5-4-6-10(8)7-14-9(2)11(16)15-12(17)13-3/h8-10,14H,4-7H2,1-3H3,(H2,13,15,16,17). The van der Waals surface area contributed by atoms with Gasteiger partial charge in [-0.2, -0.15) is 0 Å². The molecule has 0 aromatic heterocycles. The number of urea groups is 1. The first-order chi connectivity index (χ1) is 8.04. The number of nitrogens with one attached hydrogen (secondary N) is 3. The summed E-state index contributed by atoms with van der Waals surface area (Å²) in [5.74, 6) is 1.11. The van der Waals surface area contributed by atoms with Crippen molar-refractivity contribution in [1.82, 2.24) is 16.0 Å². The van der Waals surface area contributed by atoms with Crippen LogP contribution in [0.5, 0.6) is 0 Å². The van der Waals surface area contributed by atoms with Crippen molar-refractivity contribution in [3.05, 3.63) is 0 Å². The lowest BCUT2D eigenvalue weighted by Gasteiger charge is -2.19. The van der Waals surface area contributed by atoms with Crippen LogP contribution in [0.2, 0.25) is 0 Å². The molecule has 0 aliphatic heterocycles. The average molecular weight is 241 g/mol. The van der Waals surface area contributed by atoms with Crippen molar-refractivity contribution in [3.63, 3.8) is 0 Å². The number of carbonyl (C=O) groups excluding carboxylic acids is 2. The van der Waals surface area contributed by atoms with Crippen LogP contribution in [0.4, 0.5) is 4.79 Å². The predicted octanol–water partition coefficient (Wildman–Crippen LogP) is 0.856. The van der Waals surface area contributed by atoms with Crippen LogP contribution < -0.4 is 16.0 Å². The van der Waals surface area contributed by atoms with Gasteiger partial charge in [-0.1, -0.05) is 19.8 Å². The van der Waals surface area contributed by atoms with E-state index >= 15 is 0 Å². The van der Waals surface area contributed by atoms with Gasteiger partial charge in [0.1, 0.15) is 0 Å². The molecule has 1 rings (SSSR count). The van der Waals surface area contributed by atoms with Crippen LogP contribution in [-0.2, 0) is 4.79 Å². The van der Waals surface area contributed by atoms with E-state index in [-0.39, 0.29) is 11.9 Å². The highest BCUT2D eigenvalue weighted by Gasteiger charge is 2.24. The zero-order valence-electron chi connectivity index (χ0n) is 10.9. The molecule has 3 unspecified atom stereocenters. The molecule has 0 spiro atoms. The summed E-state index contributed by atoms with van der Waals surface area (Å²) < 4.78 is 0. The first kappa shape index (κ1) is 14.0. The number of imide groups is 1. The minimum atomic E-state index is -0.460. The minimum Gasteiger partial charge on any atom is -0.341 e. The quantitative estimate of drug-likeness (QED) is 0.683. The van der Waals surface area contributed by atoms with E-state index in [2.05, 4.69) is 22.9 Å². The normalized spacial score (nSPS) is 25.4. The van der Waals surface area contributed by atoms with Gasteiger partial charge in [0, 0.05) is 7.05 Å². The Labute approximate surface area is 103 Å². The van der Waals surface area contributed by atoms with Gasteiger partial charge >= 0.3 is 6.03 Å². The average Bonchev–Trinajstić information content (AvgIpc) is 2.71. The first-order valence-corrected chi connectivity index (χ1v) is 6.30. The van der Waals surface area contributed by atoms with Gasteiger partial charge in [0.2, 0.25) is 5.91 Å². The fourth-order valence-electron chi connectivity index (χ4n) is 2.23. The lowest BCUT2D eigenvalue weighted by atomic mass is 9.98. The van der Waals surface area contributed by atoms with Crippen molar-refractivity contribution < 1.29 is 9.59 Å². The fourth-order valence-corrected chi connectivity index (χ4v) is 2.23. The molecule has 3 N–H and O–H groups in total. The zero-order chi connectivity index (χ0) is 12.8. The molecule has 98 valence electrons. The largest absolute Gasteiger partial charge is 0.341 e. The summed E-state index contributed by atoms with van der Waals surface area (Å²) in [5, 5.41) is 7.81. The summed E-state index contributed by atoms with van der Waals surface area (Å²) >= 11 is 0. The van der Waals surface area contributed by atoms with Crippen LogP contribution in [0.25, 0.3) is 0 Å². The summed E-state index contributed by atoms with van der Waals surface area (Å²) in [7, 11) is 1.49. The SMILES string of the molecule is CNC(=O)NC(=O)C(C)NCC1CCCC1C. The molecule has 1 aliphatic carbocycles. The molecule has 0 heterocycles. The van der Waals surface area contributed by atoms with E-state index in [1.165, 1.54) is 26.3 Å². The Bertz CT molecular complexity index is 281. The predicted molar refractivity (Wildman–Crippen MR) is 66.6 cm³/mol. The van der Waals surface area contributed by atoms with E-state index in [0.29, 0.717) is 5.92 Å². The fraction of sp³-hybridized carbons (Fsp3) is 0.833. The molecular weight excluding hydrogens is 218 g/mol.